The fraction of sp³-hybridized carbons (Fsp3) is 0.600. The molecule has 4 nitrogen and oxygen atoms in total. The SMILES string of the molecule is CCCNCc1cc(Cl)cc(S(=O)(=O)NC(C)CC)c1C. The second-order valence-corrected chi connectivity index (χ2v) is 7.41. The third-order valence-corrected chi connectivity index (χ3v) is 5.37. The molecule has 2 N–H and O–H groups in total. The Labute approximate surface area is 133 Å². The van der Waals surface area contributed by atoms with Gasteiger partial charge in [0.15, 0.2) is 0 Å². The van der Waals surface area contributed by atoms with Gasteiger partial charge in [0.25, 0.3) is 0 Å². The summed E-state index contributed by atoms with van der Waals surface area (Å²) in [5.41, 5.74) is 1.67. The Balaban J connectivity index is 3.12. The highest BCUT2D eigenvalue weighted by Crippen LogP contribution is 2.24. The maximum Gasteiger partial charge on any atom is 0.241 e. The number of hydrogen-bond acceptors (Lipinski definition) is 3. The van der Waals surface area contributed by atoms with Gasteiger partial charge < -0.3 is 5.32 Å². The lowest BCUT2D eigenvalue weighted by atomic mass is 10.1. The van der Waals surface area contributed by atoms with Crippen molar-refractivity contribution in [1.82, 2.24) is 10.0 Å². The Morgan fingerprint density at radius 2 is 1.95 bits per heavy atom. The van der Waals surface area contributed by atoms with Crippen LogP contribution in [-0.2, 0) is 16.6 Å². The maximum absolute atomic E-state index is 12.5. The molecule has 1 aromatic carbocycles. The van der Waals surface area contributed by atoms with E-state index in [1.807, 2.05) is 26.8 Å². The zero-order chi connectivity index (χ0) is 16.0. The van der Waals surface area contributed by atoms with E-state index in [1.165, 1.54) is 6.07 Å². The molecule has 0 spiro atoms. The van der Waals surface area contributed by atoms with Gasteiger partial charge in [-0.05, 0) is 56.5 Å². The summed E-state index contributed by atoms with van der Waals surface area (Å²) in [4.78, 5) is 0.267. The van der Waals surface area contributed by atoms with Gasteiger partial charge in [-0.15, -0.1) is 0 Å². The molecule has 120 valence electrons. The van der Waals surface area contributed by atoms with Gasteiger partial charge >= 0.3 is 0 Å². The fourth-order valence-corrected chi connectivity index (χ4v) is 3.93. The maximum atomic E-state index is 12.5. The first-order chi connectivity index (χ1) is 9.81. The standard InChI is InChI=1S/C15H25ClN2O2S/c1-5-7-17-10-13-8-14(16)9-15(12(13)4)21(19,20)18-11(3)6-2/h8-9,11,17-18H,5-7,10H2,1-4H3. The first kappa shape index (κ1) is 18.4. The molecule has 0 saturated carbocycles. The first-order valence-corrected chi connectivity index (χ1v) is 9.20. The molecule has 0 aromatic heterocycles. The Morgan fingerprint density at radius 3 is 2.52 bits per heavy atom. The summed E-state index contributed by atoms with van der Waals surface area (Å²) in [7, 11) is -3.54. The van der Waals surface area contributed by atoms with E-state index in [2.05, 4.69) is 17.0 Å². The summed E-state index contributed by atoms with van der Waals surface area (Å²) in [6, 6.07) is 3.24. The van der Waals surface area contributed by atoms with Crippen LogP contribution in [0.1, 0.15) is 44.7 Å². The topological polar surface area (TPSA) is 58.2 Å². The van der Waals surface area contributed by atoms with Crippen molar-refractivity contribution in [3.05, 3.63) is 28.3 Å². The molecular formula is C15H25ClN2O2S. The van der Waals surface area contributed by atoms with Crippen LogP contribution in [0.5, 0.6) is 0 Å². The molecule has 0 aliphatic carbocycles. The second kappa shape index (κ2) is 8.13. The van der Waals surface area contributed by atoms with Crippen LogP contribution in [0.25, 0.3) is 0 Å². The normalized spacial score (nSPS) is 13.4. The summed E-state index contributed by atoms with van der Waals surface area (Å²) < 4.78 is 27.6. The highest BCUT2D eigenvalue weighted by atomic mass is 35.5. The number of halogens is 1. The van der Waals surface area contributed by atoms with Crippen LogP contribution in [0, 0.1) is 6.92 Å². The predicted octanol–water partition coefficient (Wildman–Crippen LogP) is 3.22. The molecule has 0 aliphatic rings. The van der Waals surface area contributed by atoms with Gasteiger partial charge in [-0.1, -0.05) is 25.4 Å². The zero-order valence-corrected chi connectivity index (χ0v) is 14.7. The van der Waals surface area contributed by atoms with Crippen molar-refractivity contribution >= 4 is 21.6 Å². The van der Waals surface area contributed by atoms with Crippen molar-refractivity contribution < 1.29 is 8.42 Å². The molecule has 1 unspecified atom stereocenters. The van der Waals surface area contributed by atoms with Crippen molar-refractivity contribution in [2.45, 2.75) is 58.0 Å². The van der Waals surface area contributed by atoms with E-state index in [0.717, 1.165) is 30.5 Å². The highest BCUT2D eigenvalue weighted by Gasteiger charge is 2.21. The quantitative estimate of drug-likeness (QED) is 0.719. The minimum atomic E-state index is -3.54. The largest absolute Gasteiger partial charge is 0.313 e. The molecule has 0 bridgehead atoms. The van der Waals surface area contributed by atoms with E-state index in [1.54, 1.807) is 0 Å². The Hall–Kier alpha value is -0.620. The zero-order valence-electron chi connectivity index (χ0n) is 13.2. The van der Waals surface area contributed by atoms with Gasteiger partial charge in [0.1, 0.15) is 0 Å². The van der Waals surface area contributed by atoms with E-state index in [0.29, 0.717) is 11.6 Å². The van der Waals surface area contributed by atoms with Crippen LogP contribution in [0.15, 0.2) is 17.0 Å². The van der Waals surface area contributed by atoms with Gasteiger partial charge in [-0.3, -0.25) is 0 Å². The summed E-state index contributed by atoms with van der Waals surface area (Å²) >= 11 is 6.09. The average molecular weight is 333 g/mol. The van der Waals surface area contributed by atoms with Gasteiger partial charge in [0, 0.05) is 17.6 Å². The van der Waals surface area contributed by atoms with Crippen LogP contribution >= 0.6 is 11.6 Å². The Bertz CT molecular complexity index is 573. The van der Waals surface area contributed by atoms with Crippen molar-refractivity contribution in [2.75, 3.05) is 6.54 Å². The molecule has 1 atom stereocenters. The molecule has 21 heavy (non-hydrogen) atoms. The third kappa shape index (κ3) is 5.25. The lowest BCUT2D eigenvalue weighted by Crippen LogP contribution is -2.32. The number of nitrogens with one attached hydrogen (secondary N) is 2. The molecular weight excluding hydrogens is 308 g/mol. The van der Waals surface area contributed by atoms with Crippen LogP contribution in [0.4, 0.5) is 0 Å². The lowest BCUT2D eigenvalue weighted by Gasteiger charge is -2.16. The fourth-order valence-electron chi connectivity index (χ4n) is 1.98. The van der Waals surface area contributed by atoms with Crippen LogP contribution in [0.3, 0.4) is 0 Å². The number of sulfonamides is 1. The second-order valence-electron chi connectivity index (χ2n) is 5.30. The Kier molecular flexibility index (Phi) is 7.13. The monoisotopic (exact) mass is 332 g/mol. The minimum Gasteiger partial charge on any atom is -0.313 e. The predicted molar refractivity (Wildman–Crippen MR) is 88.3 cm³/mol. The minimum absolute atomic E-state index is 0.102. The molecule has 0 radical (unpaired) electrons. The smallest absolute Gasteiger partial charge is 0.241 e. The summed E-state index contributed by atoms with van der Waals surface area (Å²) in [5.74, 6) is 0. The van der Waals surface area contributed by atoms with Gasteiger partial charge in [-0.25, -0.2) is 13.1 Å². The number of hydrogen-bond donors (Lipinski definition) is 2. The molecule has 0 saturated heterocycles. The first-order valence-electron chi connectivity index (χ1n) is 7.33. The van der Waals surface area contributed by atoms with Crippen LogP contribution in [-0.4, -0.2) is 21.0 Å². The average Bonchev–Trinajstić information content (AvgIpc) is 2.41. The van der Waals surface area contributed by atoms with E-state index >= 15 is 0 Å². The van der Waals surface area contributed by atoms with Crippen molar-refractivity contribution in [3.8, 4) is 0 Å². The molecule has 1 aromatic rings. The molecule has 0 aliphatic heterocycles. The van der Waals surface area contributed by atoms with Gasteiger partial charge in [-0.2, -0.15) is 0 Å². The molecule has 0 amide bonds. The van der Waals surface area contributed by atoms with E-state index in [-0.39, 0.29) is 10.9 Å². The number of rotatable bonds is 8. The van der Waals surface area contributed by atoms with Crippen molar-refractivity contribution in [2.24, 2.45) is 0 Å². The third-order valence-electron chi connectivity index (χ3n) is 3.43. The Morgan fingerprint density at radius 1 is 1.29 bits per heavy atom. The summed E-state index contributed by atoms with van der Waals surface area (Å²) in [6.45, 7) is 9.21. The number of benzene rings is 1. The molecule has 0 heterocycles. The molecule has 6 heteroatoms. The van der Waals surface area contributed by atoms with Crippen LogP contribution < -0.4 is 10.0 Å². The van der Waals surface area contributed by atoms with E-state index < -0.39 is 10.0 Å². The van der Waals surface area contributed by atoms with Gasteiger partial charge in [0.2, 0.25) is 10.0 Å². The molecule has 1 rings (SSSR count). The van der Waals surface area contributed by atoms with E-state index in [9.17, 15) is 8.42 Å². The summed E-state index contributed by atoms with van der Waals surface area (Å²) in [5, 5.41) is 3.72. The van der Waals surface area contributed by atoms with Crippen molar-refractivity contribution in [1.29, 1.82) is 0 Å². The van der Waals surface area contributed by atoms with E-state index in [4.69, 9.17) is 11.6 Å². The van der Waals surface area contributed by atoms with Crippen LogP contribution in [0.2, 0.25) is 5.02 Å². The highest BCUT2D eigenvalue weighted by molar-refractivity contribution is 7.89. The van der Waals surface area contributed by atoms with Gasteiger partial charge in [0.05, 0.1) is 4.90 Å². The molecule has 0 fully saturated rings. The summed E-state index contributed by atoms with van der Waals surface area (Å²) in [6.07, 6.45) is 1.77. The lowest BCUT2D eigenvalue weighted by molar-refractivity contribution is 0.555. The van der Waals surface area contributed by atoms with Crippen molar-refractivity contribution in [3.63, 3.8) is 0 Å².